The van der Waals surface area contributed by atoms with Crippen LogP contribution in [0.2, 0.25) is 0 Å². The van der Waals surface area contributed by atoms with E-state index >= 15 is 0 Å². The Morgan fingerprint density at radius 2 is 1.82 bits per heavy atom. The number of alkyl halides is 3. The third kappa shape index (κ3) is 4.82. The molecule has 0 aliphatic carbocycles. The van der Waals surface area contributed by atoms with Gasteiger partial charge in [-0.1, -0.05) is 20.8 Å². The highest BCUT2D eigenvalue weighted by atomic mass is 32.2. The smallest absolute Gasteiger partial charge is 0.361 e. The van der Waals surface area contributed by atoms with E-state index in [0.717, 1.165) is 6.26 Å². The molecule has 0 aliphatic rings. The average molecular weight is 339 g/mol. The zero-order valence-corrected chi connectivity index (χ0v) is 13.8. The molecule has 5 nitrogen and oxygen atoms in total. The Morgan fingerprint density at radius 1 is 1.23 bits per heavy atom. The summed E-state index contributed by atoms with van der Waals surface area (Å²) in [4.78, 5) is 7.83. The van der Waals surface area contributed by atoms with E-state index in [-0.39, 0.29) is 11.7 Å². The molecule has 0 fully saturated rings. The highest BCUT2D eigenvalue weighted by molar-refractivity contribution is 7.90. The van der Waals surface area contributed by atoms with Gasteiger partial charge < -0.3 is 5.32 Å². The zero-order valence-electron chi connectivity index (χ0n) is 13.0. The molecule has 9 heteroatoms. The van der Waals surface area contributed by atoms with E-state index in [0.29, 0.717) is 24.1 Å². The number of nitrogens with zero attached hydrogens (tertiary/aromatic N) is 2. The molecule has 1 aromatic rings. The lowest BCUT2D eigenvalue weighted by Crippen LogP contribution is -2.24. The average Bonchev–Trinajstić information content (AvgIpc) is 2.41. The summed E-state index contributed by atoms with van der Waals surface area (Å²) in [5.41, 5.74) is 0.996. The summed E-state index contributed by atoms with van der Waals surface area (Å²) in [5, 5.41) is 1.76. The van der Waals surface area contributed by atoms with E-state index in [1.165, 1.54) is 0 Å². The van der Waals surface area contributed by atoms with Gasteiger partial charge in [0, 0.05) is 11.8 Å². The molecule has 1 N–H and O–H groups in total. The first-order chi connectivity index (χ1) is 9.99. The van der Waals surface area contributed by atoms with Gasteiger partial charge in [-0.2, -0.15) is 13.2 Å². The van der Waals surface area contributed by atoms with Crippen molar-refractivity contribution in [2.45, 2.75) is 50.9 Å². The van der Waals surface area contributed by atoms with Crippen molar-refractivity contribution < 1.29 is 21.6 Å². The van der Waals surface area contributed by atoms with Gasteiger partial charge in [-0.15, -0.1) is 0 Å². The van der Waals surface area contributed by atoms with E-state index < -0.39 is 27.7 Å². The number of hydrogen-bond donors (Lipinski definition) is 1. The number of sulfone groups is 1. The second-order valence-electron chi connectivity index (χ2n) is 5.12. The fourth-order valence-corrected chi connectivity index (χ4v) is 2.50. The molecule has 1 atom stereocenters. The van der Waals surface area contributed by atoms with Crippen LogP contribution in [0.4, 0.5) is 19.0 Å². The van der Waals surface area contributed by atoms with Crippen molar-refractivity contribution in [3.05, 3.63) is 11.3 Å². The quantitative estimate of drug-likeness (QED) is 0.807. The number of halogens is 3. The molecule has 1 heterocycles. The molecule has 1 rings (SSSR count). The summed E-state index contributed by atoms with van der Waals surface area (Å²) in [6.45, 7) is 4.23. The molecule has 0 saturated heterocycles. The lowest BCUT2D eigenvalue weighted by Gasteiger charge is -2.20. The number of hydrogen-bond acceptors (Lipinski definition) is 5. The monoisotopic (exact) mass is 339 g/mol. The Balaban J connectivity index is 3.45. The van der Waals surface area contributed by atoms with E-state index in [9.17, 15) is 21.6 Å². The van der Waals surface area contributed by atoms with Gasteiger partial charge in [-0.05, 0) is 18.8 Å². The van der Waals surface area contributed by atoms with Crippen molar-refractivity contribution in [3.63, 3.8) is 0 Å². The van der Waals surface area contributed by atoms with Crippen LogP contribution in [0.15, 0.2) is 5.16 Å². The van der Waals surface area contributed by atoms with Gasteiger partial charge in [-0.25, -0.2) is 18.4 Å². The molecule has 22 heavy (non-hydrogen) atoms. The molecule has 0 amide bonds. The van der Waals surface area contributed by atoms with Crippen molar-refractivity contribution in [2.75, 3.05) is 18.1 Å². The number of aromatic nitrogens is 2. The number of rotatable bonds is 6. The molecule has 0 aliphatic heterocycles. The van der Waals surface area contributed by atoms with Gasteiger partial charge >= 0.3 is 6.18 Å². The minimum Gasteiger partial charge on any atom is -0.361 e. The van der Waals surface area contributed by atoms with Gasteiger partial charge in [0.05, 0.1) is 5.69 Å². The lowest BCUT2D eigenvalue weighted by atomic mass is 9.96. The molecule has 0 aromatic carbocycles. The summed E-state index contributed by atoms with van der Waals surface area (Å²) < 4.78 is 60.6. The van der Waals surface area contributed by atoms with Crippen LogP contribution in [0.3, 0.4) is 0 Å². The molecule has 126 valence electrons. The summed E-state index contributed by atoms with van der Waals surface area (Å²) in [7, 11) is -3.70. The summed E-state index contributed by atoms with van der Waals surface area (Å²) >= 11 is 0. The molecule has 0 saturated carbocycles. The molecule has 0 spiro atoms. The molecule has 1 aromatic heterocycles. The lowest BCUT2D eigenvalue weighted by molar-refractivity contribution is -0.115. The highest BCUT2D eigenvalue weighted by Crippen LogP contribution is 2.30. The van der Waals surface area contributed by atoms with Crippen LogP contribution in [0, 0.1) is 0 Å². The minimum atomic E-state index is -4.42. The zero-order chi connectivity index (χ0) is 17.1. The van der Waals surface area contributed by atoms with Gasteiger partial charge in [0.2, 0.25) is 15.0 Å². The van der Waals surface area contributed by atoms with Gasteiger partial charge in [0.1, 0.15) is 12.4 Å². The van der Waals surface area contributed by atoms with E-state index in [2.05, 4.69) is 15.3 Å². The predicted molar refractivity (Wildman–Crippen MR) is 77.8 cm³/mol. The number of nitrogens with one attached hydrogen (secondary N) is 1. The molecular formula is C13H20F3N3O2S. The van der Waals surface area contributed by atoms with Crippen molar-refractivity contribution in [3.8, 4) is 0 Å². The standard InChI is InChI=1S/C13H20F3N3O2S/c1-5-8(3)10-9(6-2)18-12(22(4,20)21)19-11(10)17-7-13(14,15)16/h8H,5-7H2,1-4H3,(H,17,18,19). The molecular weight excluding hydrogens is 319 g/mol. The Bertz CT molecular complexity index is 630. The predicted octanol–water partition coefficient (Wildman–Crippen LogP) is 2.93. The molecule has 1 unspecified atom stereocenters. The van der Waals surface area contributed by atoms with Crippen molar-refractivity contribution in [2.24, 2.45) is 0 Å². The van der Waals surface area contributed by atoms with Crippen molar-refractivity contribution in [1.29, 1.82) is 0 Å². The summed E-state index contributed by atoms with van der Waals surface area (Å²) in [5.74, 6) is -0.141. The largest absolute Gasteiger partial charge is 0.405 e. The SMILES string of the molecule is CCc1nc(S(C)(=O)=O)nc(NCC(F)(F)F)c1C(C)CC. The van der Waals surface area contributed by atoms with Crippen LogP contribution in [-0.4, -0.2) is 37.4 Å². The van der Waals surface area contributed by atoms with Crippen molar-refractivity contribution in [1.82, 2.24) is 9.97 Å². The Morgan fingerprint density at radius 3 is 2.23 bits per heavy atom. The van der Waals surface area contributed by atoms with Crippen LogP contribution in [0.5, 0.6) is 0 Å². The highest BCUT2D eigenvalue weighted by Gasteiger charge is 2.29. The Kier molecular flexibility index (Phi) is 5.77. The summed E-state index contributed by atoms with van der Waals surface area (Å²) in [6, 6.07) is 0. The van der Waals surface area contributed by atoms with Gasteiger partial charge in [0.25, 0.3) is 0 Å². The van der Waals surface area contributed by atoms with Crippen LogP contribution >= 0.6 is 0 Å². The van der Waals surface area contributed by atoms with E-state index in [4.69, 9.17) is 0 Å². The Labute approximate surface area is 128 Å². The molecule has 0 radical (unpaired) electrons. The van der Waals surface area contributed by atoms with Gasteiger partial charge in [0.15, 0.2) is 0 Å². The number of anilines is 1. The summed E-state index contributed by atoms with van der Waals surface area (Å²) in [6.07, 6.45) is -2.41. The maximum absolute atomic E-state index is 12.4. The van der Waals surface area contributed by atoms with Crippen molar-refractivity contribution >= 4 is 15.7 Å². The fraction of sp³-hybridized carbons (Fsp3) is 0.692. The number of aryl methyl sites for hydroxylation is 1. The Hall–Kier alpha value is -1.38. The fourth-order valence-electron chi connectivity index (χ4n) is 1.97. The second-order valence-corrected chi connectivity index (χ2v) is 7.03. The normalized spacial score (nSPS) is 14.0. The maximum atomic E-state index is 12.4. The molecule has 0 bridgehead atoms. The first-order valence-electron chi connectivity index (χ1n) is 6.91. The van der Waals surface area contributed by atoms with Gasteiger partial charge in [-0.3, -0.25) is 0 Å². The van der Waals surface area contributed by atoms with Crippen LogP contribution in [0.1, 0.15) is 44.4 Å². The third-order valence-electron chi connectivity index (χ3n) is 3.23. The van der Waals surface area contributed by atoms with Crippen LogP contribution < -0.4 is 5.32 Å². The first kappa shape index (κ1) is 18.7. The first-order valence-corrected chi connectivity index (χ1v) is 8.80. The second kappa shape index (κ2) is 6.80. The maximum Gasteiger partial charge on any atom is 0.405 e. The minimum absolute atomic E-state index is 0.0565. The topological polar surface area (TPSA) is 72.0 Å². The van der Waals surface area contributed by atoms with E-state index in [1.54, 1.807) is 6.92 Å². The van der Waals surface area contributed by atoms with Crippen LogP contribution in [0.25, 0.3) is 0 Å². The van der Waals surface area contributed by atoms with Crippen LogP contribution in [-0.2, 0) is 16.3 Å². The third-order valence-corrected chi connectivity index (χ3v) is 4.08. The van der Waals surface area contributed by atoms with E-state index in [1.807, 2.05) is 13.8 Å².